The Morgan fingerprint density at radius 1 is 1.06 bits per heavy atom. The third kappa shape index (κ3) is 7.45. The summed E-state index contributed by atoms with van der Waals surface area (Å²) in [4.78, 5) is 41.1. The zero-order chi connectivity index (χ0) is 26.2. The van der Waals surface area contributed by atoms with E-state index in [1.807, 2.05) is 63.2 Å². The highest BCUT2D eigenvalue weighted by molar-refractivity contribution is 5.79. The van der Waals surface area contributed by atoms with E-state index in [0.29, 0.717) is 17.6 Å². The Labute approximate surface area is 211 Å². The first-order valence-electron chi connectivity index (χ1n) is 12.2. The molecule has 3 aromatic rings. The summed E-state index contributed by atoms with van der Waals surface area (Å²) in [5, 5.41) is 13.3. The molecule has 0 fully saturated rings. The fourth-order valence-electron chi connectivity index (χ4n) is 4.02. The van der Waals surface area contributed by atoms with Crippen molar-refractivity contribution >= 4 is 28.6 Å². The summed E-state index contributed by atoms with van der Waals surface area (Å²) in [5.41, 5.74) is 3.06. The van der Waals surface area contributed by atoms with Gasteiger partial charge < -0.3 is 24.6 Å². The predicted octanol–water partition coefficient (Wildman–Crippen LogP) is 2.25. The maximum Gasteiger partial charge on any atom is 0.419 e. The quantitative estimate of drug-likeness (QED) is 0.398. The molecule has 9 heteroatoms. The molecule has 0 bridgehead atoms. The van der Waals surface area contributed by atoms with Gasteiger partial charge in [0, 0.05) is 52.4 Å². The first kappa shape index (κ1) is 27.0. The lowest BCUT2D eigenvalue weighted by molar-refractivity contribution is -0.133. The zero-order valence-corrected chi connectivity index (χ0v) is 21.4. The molecule has 1 unspecified atom stereocenters. The fraction of sp³-hybridized carbons (Fsp3) is 0.444. The van der Waals surface area contributed by atoms with Crippen LogP contribution in [-0.2, 0) is 22.6 Å². The number of amides is 2. The van der Waals surface area contributed by atoms with Gasteiger partial charge in [-0.05, 0) is 35.7 Å². The summed E-state index contributed by atoms with van der Waals surface area (Å²) in [6, 6.07) is 14.8. The Bertz CT molecular complexity index is 1210. The fourth-order valence-corrected chi connectivity index (χ4v) is 4.02. The SMILES string of the molecule is CC(C)CN(CC(O)CNC(=O)Cc1ccc(N(C)C)cc1)C(=O)CCn1c(=O)oc2ccccc21. The number of aliphatic hydroxyl groups excluding tert-OH is 1. The van der Waals surface area contributed by atoms with Crippen LogP contribution in [0.4, 0.5) is 5.69 Å². The van der Waals surface area contributed by atoms with Gasteiger partial charge in [0.2, 0.25) is 11.8 Å². The lowest BCUT2D eigenvalue weighted by Gasteiger charge is -2.27. The molecule has 0 spiro atoms. The van der Waals surface area contributed by atoms with Gasteiger partial charge in [-0.2, -0.15) is 0 Å². The number of para-hydroxylation sites is 2. The minimum atomic E-state index is -0.912. The predicted molar refractivity (Wildman–Crippen MR) is 140 cm³/mol. The largest absolute Gasteiger partial charge is 0.419 e. The average molecular weight is 497 g/mol. The van der Waals surface area contributed by atoms with Crippen molar-refractivity contribution in [3.05, 3.63) is 64.6 Å². The molecule has 0 aliphatic heterocycles. The number of benzene rings is 2. The van der Waals surface area contributed by atoms with Gasteiger partial charge in [0.1, 0.15) is 0 Å². The van der Waals surface area contributed by atoms with Crippen LogP contribution in [0, 0.1) is 5.92 Å². The molecule has 1 heterocycles. The third-order valence-corrected chi connectivity index (χ3v) is 5.84. The van der Waals surface area contributed by atoms with Crippen molar-refractivity contribution in [2.45, 2.75) is 39.3 Å². The molecule has 3 rings (SSSR count). The highest BCUT2D eigenvalue weighted by Gasteiger charge is 2.20. The van der Waals surface area contributed by atoms with E-state index in [4.69, 9.17) is 4.42 Å². The molecule has 2 amide bonds. The summed E-state index contributed by atoms with van der Waals surface area (Å²) in [7, 11) is 3.91. The second-order valence-electron chi connectivity index (χ2n) is 9.63. The van der Waals surface area contributed by atoms with Crippen LogP contribution in [0.5, 0.6) is 0 Å². The smallest absolute Gasteiger partial charge is 0.408 e. The normalized spacial score (nSPS) is 12.1. The second-order valence-corrected chi connectivity index (χ2v) is 9.63. The highest BCUT2D eigenvalue weighted by atomic mass is 16.4. The lowest BCUT2D eigenvalue weighted by Crippen LogP contribution is -2.44. The van der Waals surface area contributed by atoms with Crippen molar-refractivity contribution in [1.29, 1.82) is 0 Å². The van der Waals surface area contributed by atoms with Crippen LogP contribution in [0.25, 0.3) is 11.1 Å². The molecule has 1 aromatic heterocycles. The number of anilines is 1. The number of oxazole rings is 1. The number of carbonyl (C=O) groups is 2. The van der Waals surface area contributed by atoms with Crippen LogP contribution in [0.1, 0.15) is 25.8 Å². The monoisotopic (exact) mass is 496 g/mol. The summed E-state index contributed by atoms with van der Waals surface area (Å²) in [5.74, 6) is -0.677. The number of hydrogen-bond acceptors (Lipinski definition) is 6. The van der Waals surface area contributed by atoms with Crippen molar-refractivity contribution in [3.8, 4) is 0 Å². The van der Waals surface area contributed by atoms with Crippen LogP contribution >= 0.6 is 0 Å². The van der Waals surface area contributed by atoms with Crippen molar-refractivity contribution in [2.75, 3.05) is 38.6 Å². The van der Waals surface area contributed by atoms with Crippen molar-refractivity contribution in [3.63, 3.8) is 0 Å². The number of rotatable bonds is 12. The number of hydrogen-bond donors (Lipinski definition) is 2. The maximum atomic E-state index is 13.0. The molecule has 0 saturated carbocycles. The molecule has 2 N–H and O–H groups in total. The Hall–Kier alpha value is -3.59. The number of aryl methyl sites for hydroxylation is 1. The molecule has 9 nitrogen and oxygen atoms in total. The summed E-state index contributed by atoms with van der Waals surface area (Å²) >= 11 is 0. The van der Waals surface area contributed by atoms with Crippen LogP contribution in [0.3, 0.4) is 0 Å². The first-order valence-corrected chi connectivity index (χ1v) is 12.2. The molecule has 0 aliphatic rings. The number of nitrogens with zero attached hydrogens (tertiary/aromatic N) is 3. The molecule has 36 heavy (non-hydrogen) atoms. The van der Waals surface area contributed by atoms with Crippen LogP contribution in [-0.4, -0.2) is 66.2 Å². The number of fused-ring (bicyclic) bond motifs is 1. The van der Waals surface area contributed by atoms with Crippen molar-refractivity contribution in [1.82, 2.24) is 14.8 Å². The topological polar surface area (TPSA) is 108 Å². The van der Waals surface area contributed by atoms with Gasteiger partial charge in [-0.1, -0.05) is 38.1 Å². The van der Waals surface area contributed by atoms with E-state index in [0.717, 1.165) is 11.3 Å². The average Bonchev–Trinajstić information content (AvgIpc) is 3.15. The van der Waals surface area contributed by atoms with Gasteiger partial charge in [0.25, 0.3) is 0 Å². The minimum absolute atomic E-state index is 0.0440. The highest BCUT2D eigenvalue weighted by Crippen LogP contribution is 2.14. The van der Waals surface area contributed by atoms with Crippen LogP contribution < -0.4 is 16.0 Å². The lowest BCUT2D eigenvalue weighted by atomic mass is 10.1. The molecule has 194 valence electrons. The Kier molecular flexibility index (Phi) is 9.30. The van der Waals surface area contributed by atoms with Crippen molar-refractivity contribution in [2.24, 2.45) is 5.92 Å². The zero-order valence-electron chi connectivity index (χ0n) is 21.4. The number of aliphatic hydroxyl groups is 1. The third-order valence-electron chi connectivity index (χ3n) is 5.84. The minimum Gasteiger partial charge on any atom is -0.408 e. The summed E-state index contributed by atoms with van der Waals surface area (Å²) < 4.78 is 6.68. The van der Waals surface area contributed by atoms with E-state index in [1.54, 1.807) is 23.1 Å². The van der Waals surface area contributed by atoms with E-state index in [1.165, 1.54) is 4.57 Å². The first-order chi connectivity index (χ1) is 17.1. The van der Waals surface area contributed by atoms with E-state index >= 15 is 0 Å². The summed E-state index contributed by atoms with van der Waals surface area (Å²) in [6.07, 6.45) is -0.606. The van der Waals surface area contributed by atoms with Gasteiger partial charge in [0.05, 0.1) is 18.0 Å². The molecule has 0 radical (unpaired) electrons. The van der Waals surface area contributed by atoms with E-state index in [-0.39, 0.29) is 50.2 Å². The van der Waals surface area contributed by atoms with Crippen LogP contribution in [0.2, 0.25) is 0 Å². The standard InChI is InChI=1S/C27H36N4O5/c1-19(2)17-30(26(34)13-14-31-23-7-5-6-8-24(23)36-27(31)35)18-22(32)16-28-25(33)15-20-9-11-21(12-10-20)29(3)4/h5-12,19,22,32H,13-18H2,1-4H3,(H,28,33). The molecule has 0 saturated heterocycles. The Balaban J connectivity index is 1.52. The second kappa shape index (κ2) is 12.4. The maximum absolute atomic E-state index is 13.0. The number of aromatic nitrogens is 1. The van der Waals surface area contributed by atoms with Crippen molar-refractivity contribution < 1.29 is 19.1 Å². The molecule has 0 aliphatic carbocycles. The van der Waals surface area contributed by atoms with Gasteiger partial charge in [-0.3, -0.25) is 14.2 Å². The van der Waals surface area contributed by atoms with Gasteiger partial charge in [0.15, 0.2) is 5.58 Å². The van der Waals surface area contributed by atoms with Gasteiger partial charge in [-0.15, -0.1) is 0 Å². The molecule has 1 atom stereocenters. The number of carbonyl (C=O) groups excluding carboxylic acids is 2. The van der Waals surface area contributed by atoms with E-state index < -0.39 is 11.9 Å². The van der Waals surface area contributed by atoms with E-state index in [9.17, 15) is 19.5 Å². The van der Waals surface area contributed by atoms with E-state index in [2.05, 4.69) is 5.32 Å². The van der Waals surface area contributed by atoms with Gasteiger partial charge in [-0.25, -0.2) is 4.79 Å². The molecular formula is C27H36N4O5. The number of nitrogens with one attached hydrogen (secondary N) is 1. The summed E-state index contributed by atoms with van der Waals surface area (Å²) in [6.45, 7) is 4.76. The molecular weight excluding hydrogens is 460 g/mol. The Morgan fingerprint density at radius 2 is 1.75 bits per heavy atom. The van der Waals surface area contributed by atoms with Gasteiger partial charge >= 0.3 is 5.76 Å². The molecule has 2 aromatic carbocycles. The Morgan fingerprint density at radius 3 is 2.42 bits per heavy atom. The van der Waals surface area contributed by atoms with Crippen LogP contribution in [0.15, 0.2) is 57.7 Å².